The highest BCUT2D eigenvalue weighted by atomic mass is 32.1. The Bertz CT molecular complexity index is 785. The highest BCUT2D eigenvalue weighted by Gasteiger charge is 2.41. The van der Waals surface area contributed by atoms with Gasteiger partial charge < -0.3 is 9.80 Å². The molecule has 3 fully saturated rings. The number of anilines is 1. The second-order valence-electron chi connectivity index (χ2n) is 6.27. The monoisotopic (exact) mass is 339 g/mol. The third-order valence-electron chi connectivity index (χ3n) is 4.78. The first-order valence-electron chi connectivity index (χ1n) is 8.04. The quantitative estimate of drug-likeness (QED) is 0.855. The van der Waals surface area contributed by atoms with E-state index in [0.29, 0.717) is 18.8 Å². The third kappa shape index (κ3) is 2.74. The number of fused-ring (bicyclic) bond motifs is 4. The molecule has 24 heavy (non-hydrogen) atoms. The Balaban J connectivity index is 1.59. The molecule has 2 bridgehead atoms. The lowest BCUT2D eigenvalue weighted by molar-refractivity contribution is -0.140. The smallest absolute Gasteiger partial charge is 0.228 e. The van der Waals surface area contributed by atoms with Crippen molar-refractivity contribution in [2.24, 2.45) is 5.92 Å². The Morgan fingerprint density at radius 1 is 1.33 bits per heavy atom. The number of carbonyl (C=O) groups excluding carboxylic acids is 1. The van der Waals surface area contributed by atoms with Gasteiger partial charge in [0.05, 0.1) is 23.7 Å². The summed E-state index contributed by atoms with van der Waals surface area (Å²) in [5, 5.41) is 11.1. The number of pyridine rings is 1. The largest absolute Gasteiger partial charge is 0.354 e. The summed E-state index contributed by atoms with van der Waals surface area (Å²) >= 11 is 1.56. The van der Waals surface area contributed by atoms with E-state index in [1.54, 1.807) is 22.9 Å². The average molecular weight is 339 g/mol. The highest BCUT2D eigenvalue weighted by Crippen LogP contribution is 2.32. The van der Waals surface area contributed by atoms with E-state index in [4.69, 9.17) is 5.26 Å². The van der Waals surface area contributed by atoms with Crippen LogP contribution in [0.3, 0.4) is 0 Å². The number of carbonyl (C=O) groups is 1. The van der Waals surface area contributed by atoms with Crippen LogP contribution in [-0.2, 0) is 11.3 Å². The van der Waals surface area contributed by atoms with Crippen LogP contribution in [0, 0.1) is 17.2 Å². The van der Waals surface area contributed by atoms with E-state index in [1.165, 1.54) is 0 Å². The van der Waals surface area contributed by atoms with Gasteiger partial charge in [-0.2, -0.15) is 5.26 Å². The van der Waals surface area contributed by atoms with Crippen LogP contribution >= 0.6 is 11.3 Å². The minimum atomic E-state index is -0.00470. The van der Waals surface area contributed by atoms with Crippen molar-refractivity contribution in [1.29, 1.82) is 5.26 Å². The van der Waals surface area contributed by atoms with Crippen LogP contribution in [0.4, 0.5) is 5.82 Å². The molecule has 0 unspecified atom stereocenters. The lowest BCUT2D eigenvalue weighted by Gasteiger charge is -2.35. The summed E-state index contributed by atoms with van der Waals surface area (Å²) in [4.78, 5) is 25.7. The molecule has 0 N–H and O–H groups in total. The SMILES string of the molecule is N#Cc1cccc(N2C[C@@H]3CC[C@H](C2)N(Cc2cscn2)C3=O)n1. The van der Waals surface area contributed by atoms with Gasteiger partial charge in [0.2, 0.25) is 5.91 Å². The van der Waals surface area contributed by atoms with Crippen LogP contribution in [0.15, 0.2) is 29.1 Å². The van der Waals surface area contributed by atoms with Crippen LogP contribution in [0.5, 0.6) is 0 Å². The van der Waals surface area contributed by atoms with E-state index >= 15 is 0 Å². The molecule has 0 spiro atoms. The number of amides is 1. The molecule has 0 radical (unpaired) electrons. The zero-order chi connectivity index (χ0) is 16.5. The summed E-state index contributed by atoms with van der Waals surface area (Å²) in [7, 11) is 0. The second kappa shape index (κ2) is 6.21. The molecule has 5 heterocycles. The number of aromatic nitrogens is 2. The predicted molar refractivity (Wildman–Crippen MR) is 90.3 cm³/mol. The summed E-state index contributed by atoms with van der Waals surface area (Å²) in [5.74, 6) is 1.00. The number of hydrogen-bond acceptors (Lipinski definition) is 6. The Kier molecular flexibility index (Phi) is 3.90. The van der Waals surface area contributed by atoms with Crippen molar-refractivity contribution < 1.29 is 4.79 Å². The number of piperidine rings is 1. The van der Waals surface area contributed by atoms with E-state index in [-0.39, 0.29) is 17.9 Å². The van der Waals surface area contributed by atoms with Crippen molar-refractivity contribution in [1.82, 2.24) is 14.9 Å². The Hall–Kier alpha value is -2.46. The summed E-state index contributed by atoms with van der Waals surface area (Å²) < 4.78 is 0. The van der Waals surface area contributed by atoms with E-state index in [2.05, 4.69) is 20.9 Å². The number of hydrogen-bond donors (Lipinski definition) is 0. The minimum Gasteiger partial charge on any atom is -0.354 e. The maximum absolute atomic E-state index is 12.8. The normalized spacial score (nSPS) is 23.2. The molecule has 0 aromatic carbocycles. The first kappa shape index (κ1) is 15.1. The van der Waals surface area contributed by atoms with Crippen molar-refractivity contribution >= 4 is 23.1 Å². The number of nitriles is 1. The molecular formula is C17H17N5OS. The molecule has 5 rings (SSSR count). The van der Waals surface area contributed by atoms with Gasteiger partial charge in [-0.15, -0.1) is 11.3 Å². The lowest BCUT2D eigenvalue weighted by Crippen LogP contribution is -2.47. The molecule has 2 atom stereocenters. The fourth-order valence-corrected chi connectivity index (χ4v) is 4.14. The lowest BCUT2D eigenvalue weighted by atomic mass is 9.94. The van der Waals surface area contributed by atoms with E-state index in [0.717, 1.165) is 30.9 Å². The maximum atomic E-state index is 12.8. The first-order valence-corrected chi connectivity index (χ1v) is 8.98. The molecule has 3 saturated heterocycles. The van der Waals surface area contributed by atoms with Crippen molar-refractivity contribution in [3.05, 3.63) is 40.5 Å². The number of thiazole rings is 1. The van der Waals surface area contributed by atoms with Gasteiger partial charge >= 0.3 is 0 Å². The van der Waals surface area contributed by atoms with Gasteiger partial charge in [0.25, 0.3) is 0 Å². The summed E-state index contributed by atoms with van der Waals surface area (Å²) in [5.41, 5.74) is 3.17. The van der Waals surface area contributed by atoms with Crippen molar-refractivity contribution in [3.8, 4) is 6.07 Å². The molecule has 2 aromatic rings. The Morgan fingerprint density at radius 3 is 3.04 bits per heavy atom. The molecule has 6 nitrogen and oxygen atoms in total. The molecule has 0 saturated carbocycles. The van der Waals surface area contributed by atoms with Crippen molar-refractivity contribution in [2.75, 3.05) is 18.0 Å². The van der Waals surface area contributed by atoms with E-state index < -0.39 is 0 Å². The topological polar surface area (TPSA) is 73.1 Å². The van der Waals surface area contributed by atoms with Gasteiger partial charge in [0.1, 0.15) is 17.6 Å². The fourth-order valence-electron chi connectivity index (χ4n) is 3.59. The zero-order valence-electron chi connectivity index (χ0n) is 13.1. The highest BCUT2D eigenvalue weighted by molar-refractivity contribution is 7.07. The van der Waals surface area contributed by atoms with Gasteiger partial charge in [-0.25, -0.2) is 9.97 Å². The molecule has 1 amide bonds. The Morgan fingerprint density at radius 2 is 2.25 bits per heavy atom. The van der Waals surface area contributed by atoms with Gasteiger partial charge in [0, 0.05) is 24.5 Å². The molecule has 7 heteroatoms. The number of nitrogens with zero attached hydrogens (tertiary/aromatic N) is 5. The summed E-state index contributed by atoms with van der Waals surface area (Å²) in [6, 6.07) is 7.73. The molecular weight excluding hydrogens is 322 g/mol. The van der Waals surface area contributed by atoms with Crippen LogP contribution in [-0.4, -0.2) is 39.9 Å². The van der Waals surface area contributed by atoms with Crippen LogP contribution in [0.2, 0.25) is 0 Å². The molecule has 2 aromatic heterocycles. The van der Waals surface area contributed by atoms with Gasteiger partial charge in [0.15, 0.2) is 0 Å². The standard InChI is InChI=1S/C17H17N5OS/c18-6-13-2-1-3-16(20-13)21-7-12-4-5-15(9-21)22(17(12)23)8-14-10-24-11-19-14/h1-3,10-12,15H,4-5,7-9H2/t12-,15+/m0/s1. The Labute approximate surface area is 144 Å². The maximum Gasteiger partial charge on any atom is 0.228 e. The van der Waals surface area contributed by atoms with Crippen molar-refractivity contribution in [3.63, 3.8) is 0 Å². The zero-order valence-corrected chi connectivity index (χ0v) is 13.9. The van der Waals surface area contributed by atoms with Gasteiger partial charge in [-0.05, 0) is 25.0 Å². The van der Waals surface area contributed by atoms with Gasteiger partial charge in [-0.3, -0.25) is 4.79 Å². The summed E-state index contributed by atoms with van der Waals surface area (Å²) in [6.07, 6.45) is 1.93. The number of rotatable bonds is 3. The average Bonchev–Trinajstić information content (AvgIpc) is 2.98. The molecule has 3 aliphatic rings. The minimum absolute atomic E-state index is 0.00470. The molecule has 0 aliphatic carbocycles. The third-order valence-corrected chi connectivity index (χ3v) is 5.42. The van der Waals surface area contributed by atoms with Crippen LogP contribution in [0.25, 0.3) is 0 Å². The van der Waals surface area contributed by atoms with E-state index in [1.807, 2.05) is 22.4 Å². The van der Waals surface area contributed by atoms with Gasteiger partial charge in [-0.1, -0.05) is 6.07 Å². The fraction of sp³-hybridized carbons (Fsp3) is 0.412. The van der Waals surface area contributed by atoms with E-state index in [9.17, 15) is 4.79 Å². The molecule has 122 valence electrons. The summed E-state index contributed by atoms with van der Waals surface area (Å²) in [6.45, 7) is 2.02. The predicted octanol–water partition coefficient (Wildman–Crippen LogP) is 2.04. The second-order valence-corrected chi connectivity index (χ2v) is 6.99. The van der Waals surface area contributed by atoms with Crippen LogP contribution in [0.1, 0.15) is 24.2 Å². The molecule has 3 aliphatic heterocycles. The van der Waals surface area contributed by atoms with Crippen LogP contribution < -0.4 is 4.90 Å². The first-order chi connectivity index (χ1) is 11.7. The van der Waals surface area contributed by atoms with Crippen molar-refractivity contribution in [2.45, 2.75) is 25.4 Å².